The topological polar surface area (TPSA) is 9.23 Å². The molecule has 2 aromatic rings. The van der Waals surface area contributed by atoms with E-state index in [4.69, 9.17) is 4.74 Å². The summed E-state index contributed by atoms with van der Waals surface area (Å²) in [6.07, 6.45) is -0.116. The lowest BCUT2D eigenvalue weighted by atomic mass is 10.0. The Bertz CT molecular complexity index is 603. The predicted molar refractivity (Wildman–Crippen MR) is 85.3 cm³/mol. The Morgan fingerprint density at radius 1 is 1.00 bits per heavy atom. The van der Waals surface area contributed by atoms with Gasteiger partial charge in [-0.25, -0.2) is 0 Å². The first-order chi connectivity index (χ1) is 11.0. The molecular weight excluding hydrogens is 301 g/mol. The zero-order chi connectivity index (χ0) is 16.7. The van der Waals surface area contributed by atoms with Crippen LogP contribution >= 0.6 is 0 Å². The van der Waals surface area contributed by atoms with Gasteiger partial charge in [0.2, 0.25) is 0 Å². The van der Waals surface area contributed by atoms with Crippen LogP contribution < -0.4 is 4.74 Å². The first-order valence-corrected chi connectivity index (χ1v) is 7.50. The lowest BCUT2D eigenvalue weighted by Crippen LogP contribution is -2.08. The van der Waals surface area contributed by atoms with Gasteiger partial charge in [-0.15, -0.1) is 6.58 Å². The van der Waals surface area contributed by atoms with Gasteiger partial charge in [0, 0.05) is 0 Å². The summed E-state index contributed by atoms with van der Waals surface area (Å²) in [4.78, 5) is 0. The van der Waals surface area contributed by atoms with Crippen molar-refractivity contribution in [3.63, 3.8) is 0 Å². The molecule has 1 nitrogen and oxygen atoms in total. The largest absolute Gasteiger partial charge is 0.486 e. The van der Waals surface area contributed by atoms with Gasteiger partial charge in [0.15, 0.2) is 0 Å². The monoisotopic (exact) mass is 320 g/mol. The zero-order valence-corrected chi connectivity index (χ0v) is 12.7. The maximum atomic E-state index is 12.6. The standard InChI is InChI=1S/C19H19F3O/c1-2-3-5-10-18(15-8-6-4-7-9-15)23-17-13-11-16(12-14-17)19(20,21)22/h2,4,6-9,11-14,18H,1,3,5,10H2. The van der Waals surface area contributed by atoms with Crippen LogP contribution in [0.5, 0.6) is 5.75 Å². The van der Waals surface area contributed by atoms with Crippen LogP contribution in [0, 0.1) is 0 Å². The average Bonchev–Trinajstić information content (AvgIpc) is 2.54. The SMILES string of the molecule is C=CCCCC(Oc1ccc(C(F)(F)F)cc1)c1ccccc1. The molecule has 2 aromatic carbocycles. The molecule has 0 saturated heterocycles. The van der Waals surface area contributed by atoms with Gasteiger partial charge < -0.3 is 4.74 Å². The van der Waals surface area contributed by atoms with Crippen molar-refractivity contribution < 1.29 is 17.9 Å². The van der Waals surface area contributed by atoms with E-state index in [0.717, 1.165) is 37.0 Å². The summed E-state index contributed by atoms with van der Waals surface area (Å²) in [5.41, 5.74) is 0.337. The van der Waals surface area contributed by atoms with E-state index in [1.807, 2.05) is 36.4 Å². The summed E-state index contributed by atoms with van der Waals surface area (Å²) in [6.45, 7) is 3.70. The highest BCUT2D eigenvalue weighted by atomic mass is 19.4. The van der Waals surface area contributed by atoms with Crippen LogP contribution in [0.15, 0.2) is 67.3 Å². The Labute approximate surface area is 134 Å². The minimum Gasteiger partial charge on any atom is -0.486 e. The van der Waals surface area contributed by atoms with Crippen LogP contribution in [-0.4, -0.2) is 0 Å². The third-order valence-electron chi connectivity index (χ3n) is 3.51. The van der Waals surface area contributed by atoms with Gasteiger partial charge in [-0.2, -0.15) is 13.2 Å². The van der Waals surface area contributed by atoms with E-state index in [1.165, 1.54) is 12.1 Å². The van der Waals surface area contributed by atoms with E-state index < -0.39 is 11.7 Å². The molecule has 23 heavy (non-hydrogen) atoms. The van der Waals surface area contributed by atoms with Crippen molar-refractivity contribution in [1.82, 2.24) is 0 Å². The number of allylic oxidation sites excluding steroid dienone is 1. The van der Waals surface area contributed by atoms with E-state index in [2.05, 4.69) is 6.58 Å². The van der Waals surface area contributed by atoms with Crippen molar-refractivity contribution in [3.8, 4) is 5.75 Å². The van der Waals surface area contributed by atoms with E-state index >= 15 is 0 Å². The molecule has 0 bridgehead atoms. The molecule has 0 aliphatic rings. The van der Waals surface area contributed by atoms with Crippen molar-refractivity contribution in [2.24, 2.45) is 0 Å². The number of ether oxygens (including phenoxy) is 1. The highest BCUT2D eigenvalue weighted by Crippen LogP contribution is 2.32. The molecule has 0 spiro atoms. The van der Waals surface area contributed by atoms with Crippen molar-refractivity contribution in [3.05, 3.63) is 78.4 Å². The molecule has 0 N–H and O–H groups in total. The third-order valence-corrected chi connectivity index (χ3v) is 3.51. The lowest BCUT2D eigenvalue weighted by molar-refractivity contribution is -0.137. The zero-order valence-electron chi connectivity index (χ0n) is 12.7. The number of halogens is 3. The van der Waals surface area contributed by atoms with Gasteiger partial charge in [0.25, 0.3) is 0 Å². The minimum atomic E-state index is -4.33. The van der Waals surface area contributed by atoms with Crippen LogP contribution in [0.1, 0.15) is 36.5 Å². The van der Waals surface area contributed by atoms with Gasteiger partial charge in [-0.3, -0.25) is 0 Å². The number of hydrogen-bond acceptors (Lipinski definition) is 1. The van der Waals surface area contributed by atoms with Crippen LogP contribution in [0.2, 0.25) is 0 Å². The highest BCUT2D eigenvalue weighted by Gasteiger charge is 2.30. The number of alkyl halides is 3. The summed E-state index contributed by atoms with van der Waals surface area (Å²) >= 11 is 0. The number of benzene rings is 2. The van der Waals surface area contributed by atoms with E-state index in [1.54, 1.807) is 0 Å². The van der Waals surface area contributed by atoms with Gasteiger partial charge in [0.05, 0.1) is 5.56 Å². The molecule has 0 aromatic heterocycles. The summed E-state index contributed by atoms with van der Waals surface area (Å²) in [6, 6.07) is 14.5. The molecule has 0 saturated carbocycles. The quantitative estimate of drug-likeness (QED) is 0.437. The first kappa shape index (κ1) is 17.1. The number of unbranched alkanes of at least 4 members (excludes halogenated alkanes) is 1. The van der Waals surface area contributed by atoms with Gasteiger partial charge in [0.1, 0.15) is 11.9 Å². The van der Waals surface area contributed by atoms with Crippen LogP contribution in [-0.2, 0) is 6.18 Å². The van der Waals surface area contributed by atoms with E-state index in [-0.39, 0.29) is 6.10 Å². The lowest BCUT2D eigenvalue weighted by Gasteiger charge is -2.20. The Kier molecular flexibility index (Phi) is 5.85. The molecule has 0 radical (unpaired) electrons. The van der Waals surface area contributed by atoms with Crippen molar-refractivity contribution in [1.29, 1.82) is 0 Å². The fraction of sp³-hybridized carbons (Fsp3) is 0.263. The van der Waals surface area contributed by atoms with Crippen molar-refractivity contribution in [2.75, 3.05) is 0 Å². The molecule has 0 aliphatic carbocycles. The third kappa shape index (κ3) is 5.16. The molecule has 2 rings (SSSR count). The smallest absolute Gasteiger partial charge is 0.416 e. The molecule has 1 atom stereocenters. The maximum absolute atomic E-state index is 12.6. The molecule has 1 unspecified atom stereocenters. The average molecular weight is 320 g/mol. The van der Waals surface area contributed by atoms with Crippen LogP contribution in [0.4, 0.5) is 13.2 Å². The van der Waals surface area contributed by atoms with Gasteiger partial charge in [-0.05, 0) is 49.1 Å². The normalized spacial score (nSPS) is 12.7. The van der Waals surface area contributed by atoms with E-state index in [0.29, 0.717) is 5.75 Å². The van der Waals surface area contributed by atoms with Gasteiger partial charge >= 0.3 is 6.18 Å². The van der Waals surface area contributed by atoms with E-state index in [9.17, 15) is 13.2 Å². The highest BCUT2D eigenvalue weighted by molar-refractivity contribution is 5.30. The Morgan fingerprint density at radius 3 is 2.22 bits per heavy atom. The van der Waals surface area contributed by atoms with Gasteiger partial charge in [-0.1, -0.05) is 36.4 Å². The molecule has 122 valence electrons. The fourth-order valence-electron chi connectivity index (χ4n) is 2.30. The van der Waals surface area contributed by atoms with Crippen molar-refractivity contribution in [2.45, 2.75) is 31.5 Å². The summed E-state index contributed by atoms with van der Waals surface area (Å²) in [5, 5.41) is 0. The Balaban J connectivity index is 2.12. The number of rotatable bonds is 7. The maximum Gasteiger partial charge on any atom is 0.416 e. The Morgan fingerprint density at radius 2 is 1.65 bits per heavy atom. The second kappa shape index (κ2) is 7.86. The summed E-state index contributed by atoms with van der Waals surface area (Å²) < 4.78 is 43.7. The molecule has 0 aliphatic heterocycles. The molecule has 0 heterocycles. The predicted octanol–water partition coefficient (Wildman–Crippen LogP) is 6.18. The molecular formula is C19H19F3O. The molecule has 0 fully saturated rings. The second-order valence-corrected chi connectivity index (χ2v) is 5.26. The molecule has 0 amide bonds. The Hall–Kier alpha value is -2.23. The van der Waals surface area contributed by atoms with Crippen LogP contribution in [0.25, 0.3) is 0 Å². The molecule has 4 heteroatoms. The summed E-state index contributed by atoms with van der Waals surface area (Å²) in [5.74, 6) is 0.436. The van der Waals surface area contributed by atoms with Crippen LogP contribution in [0.3, 0.4) is 0 Å². The minimum absolute atomic E-state index is 0.187. The fourth-order valence-corrected chi connectivity index (χ4v) is 2.30. The first-order valence-electron chi connectivity index (χ1n) is 7.50. The van der Waals surface area contributed by atoms with Crippen molar-refractivity contribution >= 4 is 0 Å². The number of hydrogen-bond donors (Lipinski definition) is 0. The second-order valence-electron chi connectivity index (χ2n) is 5.26. The summed E-state index contributed by atoms with van der Waals surface area (Å²) in [7, 11) is 0.